The minimum atomic E-state index is 0.322. The molecule has 0 fully saturated rings. The summed E-state index contributed by atoms with van der Waals surface area (Å²) in [5, 5.41) is 12.2. The van der Waals surface area contributed by atoms with Gasteiger partial charge in [-0.1, -0.05) is 22.9 Å². The van der Waals surface area contributed by atoms with Crippen molar-refractivity contribution >= 4 is 33.0 Å². The molecule has 2 rings (SSSR count). The lowest BCUT2D eigenvalue weighted by molar-refractivity contribution is 1.14. The van der Waals surface area contributed by atoms with Gasteiger partial charge in [0, 0.05) is 21.5 Å². The van der Waals surface area contributed by atoms with E-state index in [1.807, 2.05) is 30.3 Å². The molecule has 102 valence electrons. The number of halogens is 1. The molecule has 3 N–H and O–H groups in total. The van der Waals surface area contributed by atoms with Gasteiger partial charge in [-0.3, -0.25) is 0 Å². The molecule has 0 saturated heterocycles. The fourth-order valence-electron chi connectivity index (χ4n) is 2.05. The Morgan fingerprint density at radius 1 is 1.20 bits per heavy atom. The summed E-state index contributed by atoms with van der Waals surface area (Å²) in [6.45, 7) is 2.12. The van der Waals surface area contributed by atoms with Crippen molar-refractivity contribution in [2.45, 2.75) is 19.8 Å². The van der Waals surface area contributed by atoms with Gasteiger partial charge >= 0.3 is 0 Å². The maximum absolute atomic E-state index is 8.81. The average Bonchev–Trinajstić information content (AvgIpc) is 2.44. The molecule has 0 heterocycles. The lowest BCUT2D eigenvalue weighted by atomic mass is 10.1. The molecule has 0 radical (unpaired) electrons. The molecule has 20 heavy (non-hydrogen) atoms. The number of nitrogen functional groups attached to an aromatic ring is 1. The van der Waals surface area contributed by atoms with Crippen LogP contribution in [0.5, 0.6) is 0 Å². The van der Waals surface area contributed by atoms with Gasteiger partial charge in [0.15, 0.2) is 0 Å². The summed E-state index contributed by atoms with van der Waals surface area (Å²) in [4.78, 5) is 0. The Morgan fingerprint density at radius 2 is 2.00 bits per heavy atom. The highest BCUT2D eigenvalue weighted by Crippen LogP contribution is 2.26. The molecule has 0 aliphatic heterocycles. The lowest BCUT2D eigenvalue weighted by Gasteiger charge is -2.13. The van der Waals surface area contributed by atoms with Gasteiger partial charge in [0.1, 0.15) is 0 Å². The molecule has 0 aromatic heterocycles. The fraction of sp³-hybridized carbons (Fsp3) is 0.188. The van der Waals surface area contributed by atoms with Crippen molar-refractivity contribution in [2.24, 2.45) is 0 Å². The highest BCUT2D eigenvalue weighted by atomic mass is 79.9. The number of anilines is 3. The van der Waals surface area contributed by atoms with Crippen LogP contribution >= 0.6 is 15.9 Å². The number of rotatable bonds is 4. The monoisotopic (exact) mass is 329 g/mol. The summed E-state index contributed by atoms with van der Waals surface area (Å²) in [6, 6.07) is 14.0. The van der Waals surface area contributed by atoms with Crippen molar-refractivity contribution < 1.29 is 0 Å². The highest BCUT2D eigenvalue weighted by Gasteiger charge is 2.05. The molecule has 0 saturated carbocycles. The molecule has 0 unspecified atom stereocenters. The van der Waals surface area contributed by atoms with E-state index >= 15 is 0 Å². The van der Waals surface area contributed by atoms with Crippen molar-refractivity contribution in [1.82, 2.24) is 0 Å². The summed E-state index contributed by atoms with van der Waals surface area (Å²) < 4.78 is 1.07. The normalized spacial score (nSPS) is 10.1. The van der Waals surface area contributed by atoms with Crippen molar-refractivity contribution in [2.75, 3.05) is 11.1 Å². The predicted molar refractivity (Wildman–Crippen MR) is 87.0 cm³/mol. The summed E-state index contributed by atoms with van der Waals surface area (Å²) in [7, 11) is 0. The zero-order valence-electron chi connectivity index (χ0n) is 11.3. The van der Waals surface area contributed by atoms with Gasteiger partial charge in [0.25, 0.3) is 0 Å². The summed E-state index contributed by atoms with van der Waals surface area (Å²) in [5.74, 6) is 0. The molecular weight excluding hydrogens is 314 g/mol. The van der Waals surface area contributed by atoms with Crippen LogP contribution in [0.4, 0.5) is 17.1 Å². The van der Waals surface area contributed by atoms with E-state index in [-0.39, 0.29) is 0 Å². The number of nitrogens with two attached hydrogens (primary N) is 1. The van der Waals surface area contributed by atoms with Gasteiger partial charge in [-0.25, -0.2) is 0 Å². The first-order valence-corrected chi connectivity index (χ1v) is 7.24. The van der Waals surface area contributed by atoms with E-state index in [0.29, 0.717) is 12.1 Å². The van der Waals surface area contributed by atoms with E-state index in [2.05, 4.69) is 40.3 Å². The number of hydrogen-bond acceptors (Lipinski definition) is 3. The van der Waals surface area contributed by atoms with Gasteiger partial charge in [-0.05, 0) is 53.9 Å². The third kappa shape index (κ3) is 3.31. The maximum atomic E-state index is 8.81. The Balaban J connectivity index is 2.31. The van der Waals surface area contributed by atoms with Crippen molar-refractivity contribution in [1.29, 1.82) is 5.26 Å². The standard InChI is InChI=1S/C16H16BrN3/c1-2-11-9-13(17)3-6-16(11)20-14-4-5-15(19)12(10-14)7-8-18/h3-6,9-10,20H,2,7,19H2,1H3. The molecule has 4 heteroatoms. The first kappa shape index (κ1) is 14.4. The Kier molecular flexibility index (Phi) is 4.65. The van der Waals surface area contributed by atoms with Crippen LogP contribution in [0.15, 0.2) is 40.9 Å². The van der Waals surface area contributed by atoms with Crippen LogP contribution in [0.1, 0.15) is 18.1 Å². The third-order valence-corrected chi connectivity index (χ3v) is 3.63. The van der Waals surface area contributed by atoms with Gasteiger partial charge in [0.2, 0.25) is 0 Å². The second-order valence-electron chi connectivity index (χ2n) is 4.53. The molecule has 0 amide bonds. The number of nitriles is 1. The van der Waals surface area contributed by atoms with Crippen molar-refractivity contribution in [3.8, 4) is 6.07 Å². The van der Waals surface area contributed by atoms with Crippen molar-refractivity contribution in [3.63, 3.8) is 0 Å². The third-order valence-electron chi connectivity index (χ3n) is 3.14. The van der Waals surface area contributed by atoms with Crippen LogP contribution in [-0.4, -0.2) is 0 Å². The molecule has 0 bridgehead atoms. The molecule has 0 spiro atoms. The SMILES string of the molecule is CCc1cc(Br)ccc1Nc1ccc(N)c(CC#N)c1. The number of benzene rings is 2. The maximum Gasteiger partial charge on any atom is 0.0670 e. The van der Waals surface area contributed by atoms with Crippen LogP contribution in [-0.2, 0) is 12.8 Å². The zero-order valence-corrected chi connectivity index (χ0v) is 12.9. The van der Waals surface area contributed by atoms with Gasteiger partial charge in [0.05, 0.1) is 12.5 Å². The first-order valence-electron chi connectivity index (χ1n) is 6.45. The molecule has 0 aliphatic rings. The van der Waals surface area contributed by atoms with Gasteiger partial charge in [-0.15, -0.1) is 0 Å². The van der Waals surface area contributed by atoms with Crippen molar-refractivity contribution in [3.05, 3.63) is 52.0 Å². The van der Waals surface area contributed by atoms with E-state index in [9.17, 15) is 0 Å². The summed E-state index contributed by atoms with van der Waals surface area (Å²) in [6.07, 6.45) is 1.27. The quantitative estimate of drug-likeness (QED) is 0.817. The smallest absolute Gasteiger partial charge is 0.0670 e. The molecule has 0 aliphatic carbocycles. The predicted octanol–water partition coefficient (Wildman–Crippen LogP) is 4.40. The largest absolute Gasteiger partial charge is 0.398 e. The zero-order chi connectivity index (χ0) is 14.5. The Bertz CT molecular complexity index is 659. The summed E-state index contributed by atoms with van der Waals surface area (Å²) >= 11 is 3.48. The second-order valence-corrected chi connectivity index (χ2v) is 5.44. The highest BCUT2D eigenvalue weighted by molar-refractivity contribution is 9.10. The molecule has 3 nitrogen and oxygen atoms in total. The average molecular weight is 330 g/mol. The van der Waals surface area contributed by atoms with Crippen LogP contribution in [0.3, 0.4) is 0 Å². The van der Waals surface area contributed by atoms with E-state index in [1.54, 1.807) is 0 Å². The van der Waals surface area contributed by atoms with E-state index < -0.39 is 0 Å². The van der Waals surface area contributed by atoms with Gasteiger partial charge in [-0.2, -0.15) is 5.26 Å². The van der Waals surface area contributed by atoms with Crippen LogP contribution in [0.2, 0.25) is 0 Å². The molecule has 0 atom stereocenters. The first-order chi connectivity index (χ1) is 9.63. The Hall–Kier alpha value is -1.99. The Labute approximate surface area is 127 Å². The van der Waals surface area contributed by atoms with E-state index in [1.165, 1.54) is 5.56 Å². The topological polar surface area (TPSA) is 61.8 Å². The minimum Gasteiger partial charge on any atom is -0.398 e. The number of nitrogens with zero attached hydrogens (tertiary/aromatic N) is 1. The van der Waals surface area contributed by atoms with Crippen LogP contribution in [0.25, 0.3) is 0 Å². The summed E-state index contributed by atoms with van der Waals surface area (Å²) in [5.41, 5.74) is 10.6. The van der Waals surface area contributed by atoms with Gasteiger partial charge < -0.3 is 11.1 Å². The second kappa shape index (κ2) is 6.44. The van der Waals surface area contributed by atoms with Crippen LogP contribution < -0.4 is 11.1 Å². The Morgan fingerprint density at radius 3 is 2.70 bits per heavy atom. The number of hydrogen-bond donors (Lipinski definition) is 2. The van der Waals surface area contributed by atoms with Crippen LogP contribution in [0, 0.1) is 11.3 Å². The number of nitrogens with one attached hydrogen (secondary N) is 1. The number of aryl methyl sites for hydroxylation is 1. The minimum absolute atomic E-state index is 0.322. The fourth-order valence-corrected chi connectivity index (χ4v) is 2.46. The lowest BCUT2D eigenvalue weighted by Crippen LogP contribution is -1.98. The molecular formula is C16H16BrN3. The van der Waals surface area contributed by atoms with E-state index in [0.717, 1.165) is 27.8 Å². The molecule has 2 aromatic rings. The molecule has 2 aromatic carbocycles. The van der Waals surface area contributed by atoms with E-state index in [4.69, 9.17) is 11.0 Å².